The van der Waals surface area contributed by atoms with Gasteiger partial charge in [-0.1, -0.05) is 38.8 Å². The van der Waals surface area contributed by atoms with Crippen molar-refractivity contribution in [2.24, 2.45) is 51.6 Å². The van der Waals surface area contributed by atoms with Crippen molar-refractivity contribution in [3.05, 3.63) is 22.3 Å². The highest BCUT2D eigenvalue weighted by atomic mass is 16.5. The molecule has 0 saturated heterocycles. The molecule has 0 aromatic carbocycles. The van der Waals surface area contributed by atoms with Gasteiger partial charge in [0.25, 0.3) is 0 Å². The number of aliphatic hydroxyl groups excluding tert-OH is 1. The van der Waals surface area contributed by atoms with Crippen molar-refractivity contribution in [3.8, 4) is 0 Å². The molecule has 5 aliphatic rings. The number of ketones is 1. The van der Waals surface area contributed by atoms with E-state index in [0.717, 1.165) is 75.4 Å². The number of aliphatic hydroxyl groups is 1. The number of rotatable bonds is 3. The minimum Gasteiger partial charge on any atom is -0.458 e. The molecule has 5 aliphatic carbocycles. The van der Waals surface area contributed by atoms with Crippen molar-refractivity contribution in [2.45, 2.75) is 138 Å². The minimum absolute atomic E-state index is 0.0144. The van der Waals surface area contributed by atoms with Crippen LogP contribution in [0.2, 0.25) is 0 Å². The second-order valence-corrected chi connectivity index (χ2v) is 15.5. The zero-order chi connectivity index (χ0) is 29.4. The summed E-state index contributed by atoms with van der Waals surface area (Å²) in [5.74, 6) is 1.29. The molecule has 5 heteroatoms. The van der Waals surface area contributed by atoms with Crippen LogP contribution in [-0.4, -0.2) is 35.1 Å². The molecule has 0 heterocycles. The third kappa shape index (κ3) is 4.39. The summed E-state index contributed by atoms with van der Waals surface area (Å²) in [5, 5.41) is 10.8. The van der Waals surface area contributed by atoms with E-state index in [2.05, 4.69) is 41.5 Å². The van der Waals surface area contributed by atoms with E-state index in [1.54, 1.807) is 6.92 Å². The summed E-state index contributed by atoms with van der Waals surface area (Å²) in [4.78, 5) is 26.1. The third-order valence-corrected chi connectivity index (χ3v) is 13.5. The number of allylic oxidation sites excluding steroid dienone is 3. The van der Waals surface area contributed by atoms with Gasteiger partial charge in [0.15, 0.2) is 5.78 Å². The fraction of sp³-hybridized carbons (Fsp3) is 0.829. The fourth-order valence-electron chi connectivity index (χ4n) is 11.4. The van der Waals surface area contributed by atoms with Crippen LogP contribution in [0.25, 0.3) is 0 Å². The topological polar surface area (TPSA) is 89.6 Å². The van der Waals surface area contributed by atoms with E-state index in [-0.39, 0.29) is 58.1 Å². The SMILES string of the molecule is CC(=O)O[C@H]1C[C@@]2(C)[C@H](/C1=C(/C(C)=O)C1CCCC(=C(C)C)C1)[C@@H](N)C[C@H]1[C@@]3(C)CC[C@@H](O)[C@@H](C)[C@@H]3CC[C@@]12C. The summed E-state index contributed by atoms with van der Waals surface area (Å²) in [5.41, 5.74) is 12.1. The monoisotopic (exact) mass is 553 g/mol. The van der Waals surface area contributed by atoms with Crippen molar-refractivity contribution in [1.29, 1.82) is 0 Å². The van der Waals surface area contributed by atoms with Crippen LogP contribution in [0, 0.1) is 45.8 Å². The maximum absolute atomic E-state index is 13.6. The summed E-state index contributed by atoms with van der Waals surface area (Å²) in [6, 6.07) is -0.0859. The summed E-state index contributed by atoms with van der Waals surface area (Å²) >= 11 is 0. The number of carbonyl (C=O) groups excluding carboxylic acids is 2. The quantitative estimate of drug-likeness (QED) is 0.225. The minimum atomic E-state index is -0.386. The molecule has 0 amide bonds. The Morgan fingerprint density at radius 3 is 2.33 bits per heavy atom. The summed E-state index contributed by atoms with van der Waals surface area (Å²) < 4.78 is 6.16. The van der Waals surface area contributed by atoms with Gasteiger partial charge in [0.05, 0.1) is 6.10 Å². The molecule has 0 bridgehead atoms. The van der Waals surface area contributed by atoms with Crippen molar-refractivity contribution in [2.75, 3.05) is 0 Å². The number of fused-ring (bicyclic) bond motifs is 5. The predicted molar refractivity (Wildman–Crippen MR) is 159 cm³/mol. The number of nitrogens with two attached hydrogens (primary N) is 1. The Kier molecular flexibility index (Phi) is 7.78. The number of Topliss-reactive ketones (excluding diaryl/α,β-unsaturated/α-hetero) is 1. The number of carbonyl (C=O) groups is 2. The van der Waals surface area contributed by atoms with Gasteiger partial charge in [-0.3, -0.25) is 9.59 Å². The van der Waals surface area contributed by atoms with Gasteiger partial charge >= 0.3 is 5.97 Å². The molecule has 5 rings (SSSR count). The molecule has 40 heavy (non-hydrogen) atoms. The van der Waals surface area contributed by atoms with Crippen LogP contribution in [0.1, 0.15) is 120 Å². The fourth-order valence-corrected chi connectivity index (χ4v) is 11.4. The first-order valence-electron chi connectivity index (χ1n) is 16.2. The molecule has 0 aromatic heterocycles. The van der Waals surface area contributed by atoms with Crippen LogP contribution >= 0.6 is 0 Å². The van der Waals surface area contributed by atoms with E-state index in [1.165, 1.54) is 18.1 Å². The smallest absolute Gasteiger partial charge is 0.303 e. The molecule has 11 atom stereocenters. The highest BCUT2D eigenvalue weighted by Gasteiger charge is 2.70. The molecule has 1 unspecified atom stereocenters. The normalized spacial score (nSPS) is 48.0. The van der Waals surface area contributed by atoms with Gasteiger partial charge in [0.2, 0.25) is 0 Å². The largest absolute Gasteiger partial charge is 0.458 e. The lowest BCUT2D eigenvalue weighted by atomic mass is 9.36. The Hall–Kier alpha value is -1.46. The van der Waals surface area contributed by atoms with Gasteiger partial charge < -0.3 is 15.6 Å². The second-order valence-electron chi connectivity index (χ2n) is 15.5. The Bertz CT molecular complexity index is 1120. The van der Waals surface area contributed by atoms with Crippen molar-refractivity contribution >= 4 is 11.8 Å². The molecule has 5 fully saturated rings. The van der Waals surface area contributed by atoms with E-state index in [9.17, 15) is 14.7 Å². The first-order chi connectivity index (χ1) is 18.7. The predicted octanol–water partition coefficient (Wildman–Crippen LogP) is 6.92. The molecule has 5 nitrogen and oxygen atoms in total. The van der Waals surface area contributed by atoms with Crippen LogP contribution in [0.3, 0.4) is 0 Å². The van der Waals surface area contributed by atoms with E-state index >= 15 is 0 Å². The average Bonchev–Trinajstić information content (AvgIpc) is 3.16. The van der Waals surface area contributed by atoms with Gasteiger partial charge in [-0.2, -0.15) is 0 Å². The lowest BCUT2D eigenvalue weighted by Crippen LogP contribution is -2.65. The van der Waals surface area contributed by atoms with Gasteiger partial charge in [-0.05, 0) is 130 Å². The van der Waals surface area contributed by atoms with Crippen LogP contribution < -0.4 is 5.73 Å². The van der Waals surface area contributed by atoms with Crippen LogP contribution in [0.5, 0.6) is 0 Å². The third-order valence-electron chi connectivity index (χ3n) is 13.5. The van der Waals surface area contributed by atoms with Gasteiger partial charge in [-0.15, -0.1) is 0 Å². The van der Waals surface area contributed by atoms with Crippen LogP contribution in [0.4, 0.5) is 0 Å². The van der Waals surface area contributed by atoms with Crippen LogP contribution in [0.15, 0.2) is 22.3 Å². The summed E-state index contributed by atoms with van der Waals surface area (Å²) in [6.45, 7) is 17.2. The van der Waals surface area contributed by atoms with E-state index < -0.39 is 0 Å². The number of ether oxygens (including phenoxy) is 1. The van der Waals surface area contributed by atoms with Gasteiger partial charge in [0, 0.05) is 24.5 Å². The van der Waals surface area contributed by atoms with Crippen LogP contribution in [-0.2, 0) is 14.3 Å². The summed E-state index contributed by atoms with van der Waals surface area (Å²) in [7, 11) is 0. The molecule has 0 aromatic rings. The molecule has 224 valence electrons. The lowest BCUT2D eigenvalue weighted by molar-refractivity contribution is -0.201. The highest BCUT2D eigenvalue weighted by molar-refractivity contribution is 5.95. The highest BCUT2D eigenvalue weighted by Crippen LogP contribution is 2.74. The van der Waals surface area contributed by atoms with Crippen molar-refractivity contribution < 1.29 is 19.4 Å². The molecule has 3 N–H and O–H groups in total. The Morgan fingerprint density at radius 2 is 1.70 bits per heavy atom. The van der Waals surface area contributed by atoms with E-state index in [4.69, 9.17) is 10.5 Å². The number of esters is 1. The Morgan fingerprint density at radius 1 is 1.00 bits per heavy atom. The number of hydrogen-bond acceptors (Lipinski definition) is 5. The first kappa shape index (κ1) is 30.0. The van der Waals surface area contributed by atoms with Crippen molar-refractivity contribution in [3.63, 3.8) is 0 Å². The standard InChI is InChI=1S/C35H55NO4/c1-19(2)23-10-9-11-24(16-23)30(21(4)37)31-28(40-22(5)38)18-35(8)32(31)26(36)17-29-33(6)14-13-27(39)20(3)25(33)12-15-34(29,35)7/h20,24-29,32,39H,9-18,36H2,1-8H3/b31-30-/t20-,24?,25-,26-,27+,28-,29-,32-,33-,34-,35-/m0/s1. The maximum Gasteiger partial charge on any atom is 0.303 e. The first-order valence-corrected chi connectivity index (χ1v) is 16.2. The molecule has 0 radical (unpaired) electrons. The Balaban J connectivity index is 1.64. The summed E-state index contributed by atoms with van der Waals surface area (Å²) in [6.07, 6.45) is 9.30. The van der Waals surface area contributed by atoms with E-state index in [1.807, 2.05) is 0 Å². The maximum atomic E-state index is 13.6. The van der Waals surface area contributed by atoms with Gasteiger partial charge in [0.1, 0.15) is 6.10 Å². The molecule has 0 aliphatic heterocycles. The molecular weight excluding hydrogens is 498 g/mol. The molecule has 0 spiro atoms. The molecule has 5 saturated carbocycles. The average molecular weight is 554 g/mol. The molecular formula is C35H55NO4. The van der Waals surface area contributed by atoms with Gasteiger partial charge in [-0.25, -0.2) is 0 Å². The van der Waals surface area contributed by atoms with E-state index in [0.29, 0.717) is 17.8 Å². The zero-order valence-electron chi connectivity index (χ0n) is 26.4. The lowest BCUT2D eigenvalue weighted by Gasteiger charge is -2.68. The number of hydrogen-bond donors (Lipinski definition) is 2. The Labute approximate surface area is 242 Å². The van der Waals surface area contributed by atoms with Crippen molar-refractivity contribution in [1.82, 2.24) is 0 Å². The zero-order valence-corrected chi connectivity index (χ0v) is 26.4. The second kappa shape index (κ2) is 10.4.